The second-order valence-corrected chi connectivity index (χ2v) is 9.55. The van der Waals surface area contributed by atoms with Crippen molar-refractivity contribution in [2.24, 2.45) is 5.92 Å². The van der Waals surface area contributed by atoms with E-state index < -0.39 is 0 Å². The van der Waals surface area contributed by atoms with E-state index in [2.05, 4.69) is 55.3 Å². The Labute approximate surface area is 210 Å². The smallest absolute Gasteiger partial charge is 0.229 e. The minimum Gasteiger partial charge on any atom is -0.355 e. The molecular weight excluding hydrogens is 462 g/mol. The van der Waals surface area contributed by atoms with Gasteiger partial charge in [-0.1, -0.05) is 18.5 Å². The first-order valence-corrected chi connectivity index (χ1v) is 12.3. The van der Waals surface area contributed by atoms with Crippen LogP contribution in [0.5, 0.6) is 0 Å². The first-order chi connectivity index (χ1) is 16.9. The monoisotopic (exact) mass is 491 g/mol. The maximum Gasteiger partial charge on any atom is 0.229 e. The van der Waals surface area contributed by atoms with Crippen LogP contribution in [0.1, 0.15) is 31.2 Å². The molecule has 35 heavy (non-hydrogen) atoms. The highest BCUT2D eigenvalue weighted by molar-refractivity contribution is 6.32. The number of halogens is 1. The highest BCUT2D eigenvalue weighted by atomic mass is 35.5. The third-order valence-electron chi connectivity index (χ3n) is 6.84. The summed E-state index contributed by atoms with van der Waals surface area (Å²) < 4.78 is 2.03. The number of hydrogen-bond donors (Lipinski definition) is 1. The molecule has 1 saturated heterocycles. The van der Waals surface area contributed by atoms with E-state index >= 15 is 0 Å². The first kappa shape index (κ1) is 23.3. The number of rotatable bonds is 6. The molecule has 0 bridgehead atoms. The van der Waals surface area contributed by atoms with Crippen LogP contribution in [0.2, 0.25) is 5.02 Å². The quantitative estimate of drug-likeness (QED) is 0.416. The van der Waals surface area contributed by atoms with E-state index in [9.17, 15) is 0 Å². The zero-order chi connectivity index (χ0) is 24.5. The Kier molecular flexibility index (Phi) is 6.42. The molecule has 0 aromatic carbocycles. The fourth-order valence-electron chi connectivity index (χ4n) is 4.84. The molecule has 10 heteroatoms. The summed E-state index contributed by atoms with van der Waals surface area (Å²) in [7, 11) is 2.08. The lowest BCUT2D eigenvalue weighted by Gasteiger charge is -2.43. The Bertz CT molecular complexity index is 1320. The van der Waals surface area contributed by atoms with Crippen LogP contribution in [0.15, 0.2) is 42.9 Å². The molecule has 182 valence electrons. The Morgan fingerprint density at radius 1 is 1.14 bits per heavy atom. The minimum absolute atomic E-state index is 0.305. The van der Waals surface area contributed by atoms with E-state index in [0.717, 1.165) is 60.3 Å². The molecule has 0 spiro atoms. The molecule has 1 aliphatic heterocycles. The molecule has 2 atom stereocenters. The van der Waals surface area contributed by atoms with Crippen LogP contribution in [-0.4, -0.2) is 55.7 Å². The third kappa shape index (κ3) is 4.73. The summed E-state index contributed by atoms with van der Waals surface area (Å²) in [4.78, 5) is 18.2. The van der Waals surface area contributed by atoms with Gasteiger partial charge in [0.1, 0.15) is 10.7 Å². The number of piperidine rings is 1. The zero-order valence-electron chi connectivity index (χ0n) is 20.5. The Morgan fingerprint density at radius 3 is 2.77 bits per heavy atom. The second kappa shape index (κ2) is 9.65. The molecule has 0 saturated carbocycles. The van der Waals surface area contributed by atoms with Gasteiger partial charge in [-0.3, -0.25) is 0 Å². The van der Waals surface area contributed by atoms with Crippen molar-refractivity contribution in [3.63, 3.8) is 0 Å². The maximum atomic E-state index is 6.59. The number of aromatic nitrogens is 6. The van der Waals surface area contributed by atoms with Crippen LogP contribution in [0.25, 0.3) is 5.65 Å². The van der Waals surface area contributed by atoms with Gasteiger partial charge in [0.25, 0.3) is 0 Å². The van der Waals surface area contributed by atoms with E-state index in [4.69, 9.17) is 16.6 Å². The molecule has 9 nitrogen and oxygen atoms in total. The van der Waals surface area contributed by atoms with Crippen molar-refractivity contribution in [2.45, 2.75) is 39.7 Å². The second-order valence-electron chi connectivity index (χ2n) is 9.15. The van der Waals surface area contributed by atoms with Gasteiger partial charge < -0.3 is 19.5 Å². The molecule has 0 amide bonds. The van der Waals surface area contributed by atoms with Gasteiger partial charge in [-0.25, -0.2) is 9.97 Å². The number of imidazole rings is 1. The van der Waals surface area contributed by atoms with Crippen LogP contribution in [0, 0.1) is 19.8 Å². The molecule has 4 aromatic rings. The Hall–Kier alpha value is -3.46. The van der Waals surface area contributed by atoms with E-state index in [1.54, 1.807) is 6.20 Å². The van der Waals surface area contributed by atoms with E-state index in [-0.39, 0.29) is 0 Å². The molecule has 5 heterocycles. The van der Waals surface area contributed by atoms with Gasteiger partial charge in [0, 0.05) is 56.0 Å². The van der Waals surface area contributed by atoms with E-state index in [1.807, 2.05) is 48.8 Å². The summed E-state index contributed by atoms with van der Waals surface area (Å²) in [5, 5.41) is 12.5. The molecule has 2 unspecified atom stereocenters. The third-order valence-corrected chi connectivity index (χ3v) is 7.10. The summed E-state index contributed by atoms with van der Waals surface area (Å²) in [5.74, 6) is 2.61. The summed E-state index contributed by atoms with van der Waals surface area (Å²) >= 11 is 6.59. The Balaban J connectivity index is 1.34. The van der Waals surface area contributed by atoms with Gasteiger partial charge in [0.05, 0.1) is 11.9 Å². The average Bonchev–Trinajstić information content (AvgIpc) is 3.24. The number of anilines is 4. The first-order valence-electron chi connectivity index (χ1n) is 11.9. The van der Waals surface area contributed by atoms with E-state index in [1.165, 1.54) is 0 Å². The number of hydrogen-bond acceptors (Lipinski definition) is 8. The number of pyridine rings is 1. The fourth-order valence-corrected chi connectivity index (χ4v) is 5.06. The van der Waals surface area contributed by atoms with Crippen LogP contribution in [-0.2, 0) is 0 Å². The minimum atomic E-state index is 0.305. The summed E-state index contributed by atoms with van der Waals surface area (Å²) in [5.41, 5.74) is 3.76. The van der Waals surface area contributed by atoms with Crippen molar-refractivity contribution in [2.75, 3.05) is 35.3 Å². The SMILES string of the molecule is CCC1CN(c2ccc(C)nn2)CCC1N(C)c1nc(Nc2ccn3c(C)cnc3c2)ncc1Cl. The summed E-state index contributed by atoms with van der Waals surface area (Å²) in [6.45, 7) is 8.04. The summed E-state index contributed by atoms with van der Waals surface area (Å²) in [6, 6.07) is 8.34. The van der Waals surface area contributed by atoms with Crippen LogP contribution in [0.4, 0.5) is 23.3 Å². The van der Waals surface area contributed by atoms with Gasteiger partial charge in [-0.05, 0) is 50.8 Å². The van der Waals surface area contributed by atoms with Gasteiger partial charge in [0.15, 0.2) is 11.6 Å². The largest absolute Gasteiger partial charge is 0.355 e. The predicted octanol–water partition coefficient (Wildman–Crippen LogP) is 4.67. The molecule has 0 radical (unpaired) electrons. The van der Waals surface area contributed by atoms with Gasteiger partial charge in [0.2, 0.25) is 5.95 Å². The molecule has 1 fully saturated rings. The predicted molar refractivity (Wildman–Crippen MR) is 140 cm³/mol. The topological polar surface area (TPSA) is 87.4 Å². The van der Waals surface area contributed by atoms with Crippen LogP contribution in [0.3, 0.4) is 0 Å². The van der Waals surface area contributed by atoms with Gasteiger partial charge in [-0.15, -0.1) is 5.10 Å². The standard InChI is InChI=1S/C25H30ClN9/c1-5-18-15-34(22-7-6-16(2)31-32-22)10-9-21(18)33(4)24-20(26)14-28-25(30-24)29-19-8-11-35-17(3)13-27-23(35)12-19/h6-8,11-14,18,21H,5,9-10,15H2,1-4H3,(H,28,29,30). The number of fused-ring (bicyclic) bond motifs is 1. The molecular formula is C25H30ClN9. The number of nitrogens with zero attached hydrogens (tertiary/aromatic N) is 8. The van der Waals surface area contributed by atoms with Crippen molar-refractivity contribution in [3.05, 3.63) is 59.3 Å². The van der Waals surface area contributed by atoms with Crippen molar-refractivity contribution >= 4 is 40.5 Å². The molecule has 0 aliphatic carbocycles. The van der Waals surface area contributed by atoms with Crippen LogP contribution >= 0.6 is 11.6 Å². The lowest BCUT2D eigenvalue weighted by Crippen LogP contribution is -2.50. The van der Waals surface area contributed by atoms with Gasteiger partial charge in [-0.2, -0.15) is 10.1 Å². The van der Waals surface area contributed by atoms with Crippen molar-refractivity contribution < 1.29 is 0 Å². The van der Waals surface area contributed by atoms with Crippen LogP contribution < -0.4 is 15.1 Å². The maximum absolute atomic E-state index is 6.59. The molecule has 4 aromatic heterocycles. The van der Waals surface area contributed by atoms with Crippen molar-refractivity contribution in [1.82, 2.24) is 29.5 Å². The highest BCUT2D eigenvalue weighted by Gasteiger charge is 2.33. The van der Waals surface area contributed by atoms with E-state index in [0.29, 0.717) is 22.9 Å². The molecule has 5 rings (SSSR count). The van der Waals surface area contributed by atoms with Crippen molar-refractivity contribution in [1.29, 1.82) is 0 Å². The molecule has 1 aliphatic rings. The van der Waals surface area contributed by atoms with Gasteiger partial charge >= 0.3 is 0 Å². The Morgan fingerprint density at radius 2 is 2.00 bits per heavy atom. The zero-order valence-corrected chi connectivity index (χ0v) is 21.2. The van der Waals surface area contributed by atoms with Crippen molar-refractivity contribution in [3.8, 4) is 0 Å². The normalized spacial score (nSPS) is 18.1. The highest BCUT2D eigenvalue weighted by Crippen LogP contribution is 2.32. The molecule has 1 N–H and O–H groups in total. The fraction of sp³-hybridized carbons (Fsp3) is 0.400. The average molecular weight is 492 g/mol. The summed E-state index contributed by atoms with van der Waals surface area (Å²) in [6.07, 6.45) is 7.53. The lowest BCUT2D eigenvalue weighted by atomic mass is 9.89. The lowest BCUT2D eigenvalue weighted by molar-refractivity contribution is 0.335. The number of aryl methyl sites for hydroxylation is 2. The number of nitrogens with one attached hydrogen (secondary N) is 1.